The Hall–Kier alpha value is -1.65. The van der Waals surface area contributed by atoms with Gasteiger partial charge in [0.2, 0.25) is 0 Å². The zero-order valence-corrected chi connectivity index (χ0v) is 11.4. The number of hydrogen-bond acceptors (Lipinski definition) is 4. The van der Waals surface area contributed by atoms with Crippen LogP contribution in [0.15, 0.2) is 0 Å². The van der Waals surface area contributed by atoms with Gasteiger partial charge in [0, 0.05) is 12.1 Å². The van der Waals surface area contributed by atoms with Crippen LogP contribution in [0.2, 0.25) is 0 Å². The molecule has 5 heteroatoms. The molecule has 0 fully saturated rings. The molecule has 0 bridgehead atoms. The molecule has 100 valence electrons. The van der Waals surface area contributed by atoms with E-state index < -0.39 is 0 Å². The second kappa shape index (κ2) is 6.33. The Balaban J connectivity index is 2.50. The molecule has 0 aromatic carbocycles. The van der Waals surface area contributed by atoms with Crippen molar-refractivity contribution in [2.24, 2.45) is 0 Å². The number of ether oxygens (including phenoxy) is 1. The van der Waals surface area contributed by atoms with Crippen LogP contribution in [0.4, 0.5) is 0 Å². The van der Waals surface area contributed by atoms with E-state index in [-0.39, 0.29) is 31.1 Å². The molecule has 0 spiro atoms. The first-order chi connectivity index (χ1) is 8.45. The fourth-order valence-corrected chi connectivity index (χ4v) is 1.66. The number of hydrogen-bond donors (Lipinski definition) is 0. The van der Waals surface area contributed by atoms with Crippen LogP contribution >= 0.6 is 0 Å². The summed E-state index contributed by atoms with van der Waals surface area (Å²) in [6, 6.07) is 0. The lowest BCUT2D eigenvalue weighted by atomic mass is 10.2. The van der Waals surface area contributed by atoms with Crippen LogP contribution in [0.5, 0.6) is 0 Å². The smallest absolute Gasteiger partial charge is 0.306 e. The molecule has 18 heavy (non-hydrogen) atoms. The molecular formula is C13H20N2O3. The lowest BCUT2D eigenvalue weighted by molar-refractivity contribution is -0.144. The van der Waals surface area contributed by atoms with Crippen LogP contribution in [-0.4, -0.2) is 28.1 Å². The summed E-state index contributed by atoms with van der Waals surface area (Å²) in [4.78, 5) is 22.9. The fourth-order valence-electron chi connectivity index (χ4n) is 1.66. The summed E-state index contributed by atoms with van der Waals surface area (Å²) in [5.74, 6) is -0.330. The monoisotopic (exact) mass is 252 g/mol. The second-order valence-corrected chi connectivity index (χ2v) is 4.30. The van der Waals surface area contributed by atoms with Crippen molar-refractivity contribution < 1.29 is 14.3 Å². The van der Waals surface area contributed by atoms with Gasteiger partial charge in [-0.2, -0.15) is 5.10 Å². The maximum absolute atomic E-state index is 11.7. The summed E-state index contributed by atoms with van der Waals surface area (Å²) in [6.45, 7) is 8.16. The summed E-state index contributed by atoms with van der Waals surface area (Å²) in [5, 5.41) is 4.29. The number of esters is 1. The Labute approximate surface area is 107 Å². The van der Waals surface area contributed by atoms with E-state index in [4.69, 9.17) is 4.74 Å². The largest absolute Gasteiger partial charge is 0.466 e. The lowest BCUT2D eigenvalue weighted by Gasteiger charge is -2.04. The fraction of sp³-hybridized carbons (Fsp3) is 0.615. The first-order valence-electron chi connectivity index (χ1n) is 6.13. The molecule has 0 amide bonds. The minimum absolute atomic E-state index is 0.00588. The zero-order valence-electron chi connectivity index (χ0n) is 11.4. The van der Waals surface area contributed by atoms with Gasteiger partial charge in [0.05, 0.1) is 25.3 Å². The van der Waals surface area contributed by atoms with E-state index in [0.717, 1.165) is 17.0 Å². The van der Waals surface area contributed by atoms with Crippen LogP contribution in [0.25, 0.3) is 0 Å². The number of Topliss-reactive ketones (excluding diaryl/α,β-unsaturated/α-hetero) is 1. The third-order valence-electron chi connectivity index (χ3n) is 2.98. The molecule has 0 aliphatic rings. The van der Waals surface area contributed by atoms with E-state index in [2.05, 4.69) is 5.10 Å². The highest BCUT2D eigenvalue weighted by atomic mass is 16.5. The predicted octanol–water partition coefficient (Wildman–Crippen LogP) is 1.72. The molecule has 0 aliphatic heterocycles. The van der Waals surface area contributed by atoms with Crippen molar-refractivity contribution in [2.45, 2.75) is 47.1 Å². The summed E-state index contributed by atoms with van der Waals surface area (Å²) in [6.07, 6.45) is 0.348. The maximum Gasteiger partial charge on any atom is 0.306 e. The third kappa shape index (κ3) is 3.68. The number of carbonyl (C=O) groups is 2. The van der Waals surface area contributed by atoms with Gasteiger partial charge in [0.25, 0.3) is 0 Å². The molecule has 1 aromatic rings. The van der Waals surface area contributed by atoms with Crippen molar-refractivity contribution in [3.8, 4) is 0 Å². The van der Waals surface area contributed by atoms with E-state index in [1.807, 2.05) is 20.8 Å². The highest BCUT2D eigenvalue weighted by molar-refractivity contribution is 5.82. The summed E-state index contributed by atoms with van der Waals surface area (Å²) in [7, 11) is 0. The molecule has 1 rings (SSSR count). The van der Waals surface area contributed by atoms with Gasteiger partial charge in [-0.3, -0.25) is 14.3 Å². The van der Waals surface area contributed by atoms with Crippen LogP contribution in [-0.2, 0) is 20.9 Å². The third-order valence-corrected chi connectivity index (χ3v) is 2.98. The van der Waals surface area contributed by atoms with Crippen molar-refractivity contribution in [3.63, 3.8) is 0 Å². The number of ketones is 1. The van der Waals surface area contributed by atoms with Crippen molar-refractivity contribution in [2.75, 3.05) is 6.61 Å². The van der Waals surface area contributed by atoms with E-state index in [0.29, 0.717) is 6.61 Å². The van der Waals surface area contributed by atoms with Gasteiger partial charge in [-0.15, -0.1) is 0 Å². The Bertz CT molecular complexity index is 449. The zero-order chi connectivity index (χ0) is 13.7. The van der Waals surface area contributed by atoms with E-state index in [9.17, 15) is 9.59 Å². The highest BCUT2D eigenvalue weighted by Gasteiger charge is 2.12. The minimum atomic E-state index is -0.324. The Kier molecular flexibility index (Phi) is 5.07. The topological polar surface area (TPSA) is 61.2 Å². The molecule has 0 atom stereocenters. The summed E-state index contributed by atoms with van der Waals surface area (Å²) in [5.41, 5.74) is 3.04. The van der Waals surface area contributed by atoms with Crippen LogP contribution in [0.1, 0.15) is 36.7 Å². The average Bonchev–Trinajstić information content (AvgIpc) is 2.55. The van der Waals surface area contributed by atoms with Crippen molar-refractivity contribution in [1.29, 1.82) is 0 Å². The quantitative estimate of drug-likeness (QED) is 0.723. The first-order valence-corrected chi connectivity index (χ1v) is 6.13. The number of carbonyl (C=O) groups excluding carboxylic acids is 2. The highest BCUT2D eigenvalue weighted by Crippen LogP contribution is 2.11. The first kappa shape index (κ1) is 14.4. The molecule has 1 aromatic heterocycles. The van der Waals surface area contributed by atoms with Gasteiger partial charge in [0.15, 0.2) is 5.78 Å². The van der Waals surface area contributed by atoms with Gasteiger partial charge in [-0.05, 0) is 33.3 Å². The van der Waals surface area contributed by atoms with Crippen LogP contribution < -0.4 is 0 Å². The van der Waals surface area contributed by atoms with Crippen molar-refractivity contribution >= 4 is 11.8 Å². The van der Waals surface area contributed by atoms with Gasteiger partial charge in [-0.25, -0.2) is 0 Å². The number of aromatic nitrogens is 2. The van der Waals surface area contributed by atoms with Gasteiger partial charge in [-0.1, -0.05) is 0 Å². The molecule has 0 saturated carbocycles. The molecule has 0 unspecified atom stereocenters. The molecular weight excluding hydrogens is 232 g/mol. The van der Waals surface area contributed by atoms with Gasteiger partial charge >= 0.3 is 5.97 Å². The Morgan fingerprint density at radius 2 is 1.89 bits per heavy atom. The van der Waals surface area contributed by atoms with E-state index in [1.165, 1.54) is 0 Å². The second-order valence-electron chi connectivity index (χ2n) is 4.30. The normalized spacial score (nSPS) is 10.4. The SMILES string of the molecule is CCOC(=O)CCC(=O)Cn1nc(C)c(C)c1C. The summed E-state index contributed by atoms with van der Waals surface area (Å²) < 4.78 is 6.47. The van der Waals surface area contributed by atoms with Gasteiger partial charge < -0.3 is 4.74 Å². The van der Waals surface area contributed by atoms with E-state index >= 15 is 0 Å². The lowest BCUT2D eigenvalue weighted by Crippen LogP contribution is -2.15. The van der Waals surface area contributed by atoms with Crippen molar-refractivity contribution in [3.05, 3.63) is 17.0 Å². The predicted molar refractivity (Wildman–Crippen MR) is 67.3 cm³/mol. The Morgan fingerprint density at radius 3 is 2.39 bits per heavy atom. The van der Waals surface area contributed by atoms with Crippen molar-refractivity contribution in [1.82, 2.24) is 9.78 Å². The summed E-state index contributed by atoms with van der Waals surface area (Å²) >= 11 is 0. The van der Waals surface area contributed by atoms with E-state index in [1.54, 1.807) is 11.6 Å². The molecule has 5 nitrogen and oxygen atoms in total. The minimum Gasteiger partial charge on any atom is -0.466 e. The molecule has 0 aliphatic carbocycles. The van der Waals surface area contributed by atoms with Crippen LogP contribution in [0, 0.1) is 20.8 Å². The molecule has 0 saturated heterocycles. The number of nitrogens with zero attached hydrogens (tertiary/aromatic N) is 2. The molecule has 0 N–H and O–H groups in total. The maximum atomic E-state index is 11.7. The number of rotatable bonds is 6. The standard InChI is InChI=1S/C13H20N2O3/c1-5-18-13(17)7-6-12(16)8-15-11(4)9(2)10(3)14-15/h5-8H2,1-4H3. The molecule has 1 heterocycles. The molecule has 0 radical (unpaired) electrons. The average molecular weight is 252 g/mol. The Morgan fingerprint density at radius 1 is 1.22 bits per heavy atom. The van der Waals surface area contributed by atoms with Crippen LogP contribution in [0.3, 0.4) is 0 Å². The number of aryl methyl sites for hydroxylation is 1. The van der Waals surface area contributed by atoms with Gasteiger partial charge in [0.1, 0.15) is 0 Å².